The molecule has 2 saturated heterocycles. The molecule has 1 aromatic heterocycles. The Morgan fingerprint density at radius 1 is 1.07 bits per heavy atom. The highest BCUT2D eigenvalue weighted by Crippen LogP contribution is 2.30. The highest BCUT2D eigenvalue weighted by molar-refractivity contribution is 5.94. The Labute approximate surface area is 167 Å². The third-order valence-electron chi connectivity index (χ3n) is 6.63. The van der Waals surface area contributed by atoms with Crippen LogP contribution in [-0.4, -0.2) is 76.8 Å². The van der Waals surface area contributed by atoms with Crippen molar-refractivity contribution in [2.75, 3.05) is 39.3 Å². The first-order valence-electron chi connectivity index (χ1n) is 10.9. The van der Waals surface area contributed by atoms with Gasteiger partial charge in [-0.25, -0.2) is 0 Å². The second-order valence-corrected chi connectivity index (χ2v) is 8.50. The van der Waals surface area contributed by atoms with Crippen molar-refractivity contribution in [2.45, 2.75) is 51.0 Å². The van der Waals surface area contributed by atoms with E-state index in [0.717, 1.165) is 58.4 Å². The molecule has 6 nitrogen and oxygen atoms in total. The fourth-order valence-corrected chi connectivity index (χ4v) is 4.68. The van der Waals surface area contributed by atoms with E-state index in [1.807, 2.05) is 11.0 Å². The predicted molar refractivity (Wildman–Crippen MR) is 108 cm³/mol. The van der Waals surface area contributed by atoms with Crippen molar-refractivity contribution < 1.29 is 9.59 Å². The SMILES string of the molecule is O=C(c1cccnc1)N1CCCC(N(CCN2CCCC2)C(=O)C2CCC2)C1. The number of pyridine rings is 1. The summed E-state index contributed by atoms with van der Waals surface area (Å²) in [7, 11) is 0. The van der Waals surface area contributed by atoms with E-state index >= 15 is 0 Å². The van der Waals surface area contributed by atoms with Gasteiger partial charge in [-0.3, -0.25) is 14.6 Å². The smallest absolute Gasteiger partial charge is 0.255 e. The number of amides is 2. The van der Waals surface area contributed by atoms with Crippen molar-refractivity contribution in [1.29, 1.82) is 0 Å². The number of carbonyl (C=O) groups is 2. The average molecular weight is 385 g/mol. The molecule has 28 heavy (non-hydrogen) atoms. The number of aromatic nitrogens is 1. The molecule has 3 heterocycles. The minimum Gasteiger partial charge on any atom is -0.337 e. The van der Waals surface area contributed by atoms with Gasteiger partial charge in [0, 0.05) is 50.5 Å². The highest BCUT2D eigenvalue weighted by Gasteiger charge is 2.36. The zero-order valence-electron chi connectivity index (χ0n) is 16.8. The third-order valence-corrected chi connectivity index (χ3v) is 6.63. The number of nitrogens with zero attached hydrogens (tertiary/aromatic N) is 4. The maximum atomic E-state index is 13.2. The van der Waals surface area contributed by atoms with Gasteiger partial charge in [-0.05, 0) is 63.7 Å². The normalized spacial score (nSPS) is 23.4. The number of carbonyl (C=O) groups excluding carboxylic acids is 2. The minimum absolute atomic E-state index is 0.0355. The molecule has 1 aromatic rings. The lowest BCUT2D eigenvalue weighted by molar-refractivity contribution is -0.141. The summed E-state index contributed by atoms with van der Waals surface area (Å²) < 4.78 is 0. The molecule has 6 heteroatoms. The fraction of sp³-hybridized carbons (Fsp3) is 0.682. The van der Waals surface area contributed by atoms with Crippen LogP contribution in [0.25, 0.3) is 0 Å². The second kappa shape index (κ2) is 9.03. The van der Waals surface area contributed by atoms with Gasteiger partial charge in [-0.1, -0.05) is 6.42 Å². The molecule has 2 amide bonds. The molecule has 4 rings (SSSR count). The molecule has 1 aliphatic carbocycles. The summed E-state index contributed by atoms with van der Waals surface area (Å²) in [4.78, 5) is 36.7. The van der Waals surface area contributed by atoms with Gasteiger partial charge in [0.2, 0.25) is 5.91 Å². The van der Waals surface area contributed by atoms with Crippen LogP contribution in [0.3, 0.4) is 0 Å². The standard InChI is InChI=1S/C22H32N4O2/c27-21(19-8-4-10-23-16-19)25-13-5-9-20(17-25)26(22(28)18-6-3-7-18)15-14-24-11-1-2-12-24/h4,8,10,16,18,20H,1-3,5-7,9,11-15,17H2. The Morgan fingerprint density at radius 3 is 2.57 bits per heavy atom. The van der Waals surface area contributed by atoms with Gasteiger partial charge in [0.25, 0.3) is 5.91 Å². The molecule has 0 radical (unpaired) electrons. The summed E-state index contributed by atoms with van der Waals surface area (Å²) in [5.41, 5.74) is 0.636. The van der Waals surface area contributed by atoms with E-state index in [1.54, 1.807) is 18.5 Å². The van der Waals surface area contributed by atoms with Crippen LogP contribution >= 0.6 is 0 Å². The third kappa shape index (κ3) is 4.37. The number of piperidine rings is 1. The molecule has 0 aromatic carbocycles. The van der Waals surface area contributed by atoms with E-state index in [-0.39, 0.29) is 17.9 Å². The Balaban J connectivity index is 1.43. The summed E-state index contributed by atoms with van der Waals surface area (Å²) in [5, 5.41) is 0. The second-order valence-electron chi connectivity index (χ2n) is 8.50. The van der Waals surface area contributed by atoms with Crippen LogP contribution in [0.15, 0.2) is 24.5 Å². The van der Waals surface area contributed by atoms with Crippen LogP contribution in [0.5, 0.6) is 0 Å². The van der Waals surface area contributed by atoms with Crippen LogP contribution in [0.1, 0.15) is 55.3 Å². The van der Waals surface area contributed by atoms with Crippen molar-refractivity contribution in [1.82, 2.24) is 19.7 Å². The Kier molecular flexibility index (Phi) is 6.25. The number of rotatable bonds is 6. The summed E-state index contributed by atoms with van der Waals surface area (Å²) >= 11 is 0. The van der Waals surface area contributed by atoms with Gasteiger partial charge >= 0.3 is 0 Å². The van der Waals surface area contributed by atoms with Crippen molar-refractivity contribution in [3.05, 3.63) is 30.1 Å². The Bertz CT molecular complexity index is 670. The van der Waals surface area contributed by atoms with Gasteiger partial charge in [0.15, 0.2) is 0 Å². The van der Waals surface area contributed by atoms with Crippen LogP contribution in [0, 0.1) is 5.92 Å². The molecule has 1 atom stereocenters. The van der Waals surface area contributed by atoms with Gasteiger partial charge in [0.05, 0.1) is 5.56 Å². The van der Waals surface area contributed by atoms with Crippen LogP contribution in [0.4, 0.5) is 0 Å². The van der Waals surface area contributed by atoms with Crippen LogP contribution in [0.2, 0.25) is 0 Å². The topological polar surface area (TPSA) is 56.8 Å². The first kappa shape index (κ1) is 19.4. The van der Waals surface area contributed by atoms with Crippen molar-refractivity contribution in [3.63, 3.8) is 0 Å². The maximum absolute atomic E-state index is 13.2. The van der Waals surface area contributed by atoms with Gasteiger partial charge in [-0.2, -0.15) is 0 Å². The molecule has 152 valence electrons. The summed E-state index contributed by atoms with van der Waals surface area (Å²) in [5.74, 6) is 0.572. The first-order valence-corrected chi connectivity index (χ1v) is 10.9. The zero-order chi connectivity index (χ0) is 19.3. The van der Waals surface area contributed by atoms with Gasteiger partial charge in [-0.15, -0.1) is 0 Å². The van der Waals surface area contributed by atoms with E-state index in [2.05, 4.69) is 14.8 Å². The van der Waals surface area contributed by atoms with Crippen molar-refractivity contribution in [2.24, 2.45) is 5.92 Å². The van der Waals surface area contributed by atoms with E-state index in [1.165, 1.54) is 19.3 Å². The average Bonchev–Trinajstić information content (AvgIpc) is 3.21. The molecular formula is C22H32N4O2. The van der Waals surface area contributed by atoms with Gasteiger partial charge in [0.1, 0.15) is 0 Å². The zero-order valence-corrected chi connectivity index (χ0v) is 16.8. The lowest BCUT2D eigenvalue weighted by Crippen LogP contribution is -2.55. The molecule has 1 saturated carbocycles. The summed E-state index contributed by atoms with van der Waals surface area (Å²) in [6, 6.07) is 3.77. The monoisotopic (exact) mass is 384 g/mol. The van der Waals surface area contributed by atoms with Crippen LogP contribution in [-0.2, 0) is 4.79 Å². The van der Waals surface area contributed by atoms with Crippen molar-refractivity contribution in [3.8, 4) is 0 Å². The minimum atomic E-state index is 0.0355. The maximum Gasteiger partial charge on any atom is 0.255 e. The molecule has 1 unspecified atom stereocenters. The molecule has 0 N–H and O–H groups in total. The summed E-state index contributed by atoms with van der Waals surface area (Å²) in [6.45, 7) is 5.48. The lowest BCUT2D eigenvalue weighted by atomic mass is 9.83. The molecule has 3 fully saturated rings. The molecule has 3 aliphatic rings. The Morgan fingerprint density at radius 2 is 1.89 bits per heavy atom. The van der Waals surface area contributed by atoms with Crippen molar-refractivity contribution >= 4 is 11.8 Å². The number of likely N-dealkylation sites (tertiary alicyclic amines) is 2. The summed E-state index contributed by atoms with van der Waals surface area (Å²) in [6.07, 6.45) is 11.1. The Hall–Kier alpha value is -1.95. The number of hydrogen-bond donors (Lipinski definition) is 0. The van der Waals surface area contributed by atoms with Crippen LogP contribution < -0.4 is 0 Å². The molecule has 0 spiro atoms. The molecule has 2 aliphatic heterocycles. The fourth-order valence-electron chi connectivity index (χ4n) is 4.68. The first-order chi connectivity index (χ1) is 13.7. The highest BCUT2D eigenvalue weighted by atomic mass is 16.2. The predicted octanol–water partition coefficient (Wildman–Crippen LogP) is 2.41. The quantitative estimate of drug-likeness (QED) is 0.756. The molecule has 0 bridgehead atoms. The van der Waals surface area contributed by atoms with E-state index in [4.69, 9.17) is 0 Å². The van der Waals surface area contributed by atoms with Gasteiger partial charge < -0.3 is 14.7 Å². The number of hydrogen-bond acceptors (Lipinski definition) is 4. The largest absolute Gasteiger partial charge is 0.337 e. The van der Waals surface area contributed by atoms with E-state index in [9.17, 15) is 9.59 Å². The lowest BCUT2D eigenvalue weighted by Gasteiger charge is -2.42. The van der Waals surface area contributed by atoms with E-state index in [0.29, 0.717) is 18.0 Å². The molecular weight excluding hydrogens is 352 g/mol. The van der Waals surface area contributed by atoms with E-state index < -0.39 is 0 Å².